The van der Waals surface area contributed by atoms with Gasteiger partial charge >= 0.3 is 12.1 Å². The molecule has 0 unspecified atom stereocenters. The third-order valence-electron chi connectivity index (χ3n) is 3.83. The fraction of sp³-hybridized carbons (Fsp3) is 0.467. The highest BCUT2D eigenvalue weighted by atomic mass is 32.1. The van der Waals surface area contributed by atoms with Gasteiger partial charge in [0.25, 0.3) is 0 Å². The first-order chi connectivity index (χ1) is 11.7. The number of aliphatic imine (C=N–C) groups is 1. The van der Waals surface area contributed by atoms with E-state index in [1.807, 2.05) is 10.3 Å². The molecule has 3 rings (SSSR count). The second-order valence-corrected chi connectivity index (χ2v) is 6.06. The van der Waals surface area contributed by atoms with Crippen LogP contribution in [-0.2, 0) is 14.3 Å². The molecule has 0 bridgehead atoms. The molecule has 0 aromatic carbocycles. The van der Waals surface area contributed by atoms with Crippen molar-refractivity contribution in [3.05, 3.63) is 27.9 Å². The number of carbonyl (C=O) groups is 2. The number of hydrogen-bond acceptors (Lipinski definition) is 8. The molecule has 0 spiro atoms. The summed E-state index contributed by atoms with van der Waals surface area (Å²) in [5, 5.41) is 2.68. The van der Waals surface area contributed by atoms with Gasteiger partial charge in [-0.3, -0.25) is 4.99 Å². The van der Waals surface area contributed by atoms with Crippen LogP contribution in [0.3, 0.4) is 0 Å². The molecule has 0 saturated carbocycles. The van der Waals surface area contributed by atoms with E-state index in [1.54, 1.807) is 18.0 Å². The van der Waals surface area contributed by atoms with Crippen molar-refractivity contribution in [2.75, 3.05) is 39.9 Å². The zero-order valence-electron chi connectivity index (χ0n) is 13.5. The lowest BCUT2D eigenvalue weighted by atomic mass is 10.1. The van der Waals surface area contributed by atoms with Crippen LogP contribution in [0.2, 0.25) is 0 Å². The monoisotopic (exact) mass is 350 g/mol. The van der Waals surface area contributed by atoms with E-state index in [2.05, 4.69) is 9.98 Å². The van der Waals surface area contributed by atoms with E-state index in [9.17, 15) is 9.59 Å². The normalized spacial score (nSPS) is 17.3. The van der Waals surface area contributed by atoms with Gasteiger partial charge in [-0.2, -0.15) is 0 Å². The Kier molecular flexibility index (Phi) is 4.79. The fourth-order valence-electron chi connectivity index (χ4n) is 2.73. The van der Waals surface area contributed by atoms with Crippen LogP contribution in [0.15, 0.2) is 27.8 Å². The minimum Gasteiger partial charge on any atom is -0.463 e. The number of esters is 1. The standard InChI is InChI=1S/C15H18N4O4S/c1-3-23-14(20)10-8-17-12(13-16-4-7-24-13)19-6-5-18(9-11(10)19)15(21)22-2/h4,7H,3,5-6,8-9H2,1-2H3. The molecule has 0 aliphatic carbocycles. The summed E-state index contributed by atoms with van der Waals surface area (Å²) in [4.78, 5) is 36.5. The van der Waals surface area contributed by atoms with Crippen molar-refractivity contribution in [1.82, 2.24) is 14.8 Å². The molecule has 2 aliphatic heterocycles. The predicted molar refractivity (Wildman–Crippen MR) is 87.9 cm³/mol. The van der Waals surface area contributed by atoms with Crippen molar-refractivity contribution in [3.63, 3.8) is 0 Å². The Morgan fingerprint density at radius 3 is 2.88 bits per heavy atom. The number of hydrogen-bond donors (Lipinski definition) is 0. The summed E-state index contributed by atoms with van der Waals surface area (Å²) in [6.07, 6.45) is 1.31. The summed E-state index contributed by atoms with van der Waals surface area (Å²) < 4.78 is 9.94. The molecular weight excluding hydrogens is 332 g/mol. The molecule has 1 amide bonds. The van der Waals surface area contributed by atoms with Gasteiger partial charge in [0, 0.05) is 24.7 Å². The van der Waals surface area contributed by atoms with Crippen molar-refractivity contribution < 1.29 is 19.1 Å². The van der Waals surface area contributed by atoms with E-state index in [1.165, 1.54) is 18.4 Å². The van der Waals surface area contributed by atoms with E-state index in [-0.39, 0.29) is 13.1 Å². The Labute approximate surface area is 143 Å². The summed E-state index contributed by atoms with van der Waals surface area (Å²) in [6.45, 7) is 3.55. The summed E-state index contributed by atoms with van der Waals surface area (Å²) in [5.41, 5.74) is 1.20. The van der Waals surface area contributed by atoms with Crippen LogP contribution in [-0.4, -0.2) is 72.6 Å². The van der Waals surface area contributed by atoms with Crippen LogP contribution in [0, 0.1) is 0 Å². The van der Waals surface area contributed by atoms with Gasteiger partial charge in [0.1, 0.15) is 0 Å². The smallest absolute Gasteiger partial charge is 0.409 e. The number of thiazole rings is 1. The van der Waals surface area contributed by atoms with E-state index in [0.717, 1.165) is 16.5 Å². The summed E-state index contributed by atoms with van der Waals surface area (Å²) in [5.74, 6) is 0.337. The third-order valence-corrected chi connectivity index (χ3v) is 4.60. The highest BCUT2D eigenvalue weighted by molar-refractivity contribution is 7.11. The van der Waals surface area contributed by atoms with Gasteiger partial charge in [-0.1, -0.05) is 0 Å². The molecule has 128 valence electrons. The van der Waals surface area contributed by atoms with Gasteiger partial charge in [0.05, 0.1) is 38.1 Å². The zero-order valence-corrected chi connectivity index (χ0v) is 14.3. The van der Waals surface area contributed by atoms with E-state index < -0.39 is 12.1 Å². The minimum absolute atomic E-state index is 0.217. The molecule has 24 heavy (non-hydrogen) atoms. The number of amidine groups is 1. The maximum absolute atomic E-state index is 12.3. The van der Waals surface area contributed by atoms with Crippen LogP contribution in [0.5, 0.6) is 0 Å². The van der Waals surface area contributed by atoms with E-state index in [4.69, 9.17) is 9.47 Å². The van der Waals surface area contributed by atoms with Crippen molar-refractivity contribution in [3.8, 4) is 0 Å². The first-order valence-corrected chi connectivity index (χ1v) is 8.47. The lowest BCUT2D eigenvalue weighted by Crippen LogP contribution is -2.51. The number of fused-ring (bicyclic) bond motifs is 1. The molecule has 9 heteroatoms. The summed E-state index contributed by atoms with van der Waals surface area (Å²) >= 11 is 1.49. The number of piperazine rings is 1. The lowest BCUT2D eigenvalue weighted by molar-refractivity contribution is -0.138. The maximum Gasteiger partial charge on any atom is 0.409 e. The number of methoxy groups -OCH3 is 1. The average molecular weight is 350 g/mol. The van der Waals surface area contributed by atoms with Gasteiger partial charge < -0.3 is 19.3 Å². The molecule has 3 heterocycles. The van der Waals surface area contributed by atoms with Crippen LogP contribution >= 0.6 is 11.3 Å². The van der Waals surface area contributed by atoms with Crippen LogP contribution in [0.25, 0.3) is 0 Å². The molecule has 1 saturated heterocycles. The average Bonchev–Trinajstić information content (AvgIpc) is 3.14. The quantitative estimate of drug-likeness (QED) is 0.759. The number of ether oxygens (including phenoxy) is 2. The Morgan fingerprint density at radius 2 is 2.21 bits per heavy atom. The first kappa shape index (κ1) is 16.4. The summed E-state index contributed by atoms with van der Waals surface area (Å²) in [7, 11) is 1.35. The molecular formula is C15H18N4O4S. The molecule has 1 aromatic rings. The summed E-state index contributed by atoms with van der Waals surface area (Å²) in [6, 6.07) is 0. The maximum atomic E-state index is 12.3. The predicted octanol–water partition coefficient (Wildman–Crippen LogP) is 1.10. The van der Waals surface area contributed by atoms with Gasteiger partial charge in [0.2, 0.25) is 0 Å². The van der Waals surface area contributed by atoms with Crippen molar-refractivity contribution in [2.45, 2.75) is 6.92 Å². The second-order valence-electron chi connectivity index (χ2n) is 5.17. The van der Waals surface area contributed by atoms with E-state index in [0.29, 0.717) is 25.3 Å². The van der Waals surface area contributed by atoms with Crippen LogP contribution in [0.1, 0.15) is 11.9 Å². The lowest BCUT2D eigenvalue weighted by Gasteiger charge is -2.40. The fourth-order valence-corrected chi connectivity index (χ4v) is 3.38. The molecule has 0 N–H and O–H groups in total. The molecule has 8 nitrogen and oxygen atoms in total. The van der Waals surface area contributed by atoms with Crippen LogP contribution < -0.4 is 0 Å². The number of aromatic nitrogens is 1. The zero-order chi connectivity index (χ0) is 17.1. The first-order valence-electron chi connectivity index (χ1n) is 7.59. The van der Waals surface area contributed by atoms with Crippen molar-refractivity contribution in [2.24, 2.45) is 4.99 Å². The van der Waals surface area contributed by atoms with Gasteiger partial charge in [0.15, 0.2) is 10.8 Å². The number of rotatable bonds is 3. The molecule has 0 radical (unpaired) electrons. The second kappa shape index (κ2) is 7.00. The Hall–Kier alpha value is -2.42. The highest BCUT2D eigenvalue weighted by Crippen LogP contribution is 2.26. The Balaban J connectivity index is 1.94. The minimum atomic E-state index is -0.413. The number of amides is 1. The molecule has 2 aliphatic rings. The number of nitrogens with zero attached hydrogens (tertiary/aromatic N) is 4. The van der Waals surface area contributed by atoms with Crippen LogP contribution in [0.4, 0.5) is 4.79 Å². The SMILES string of the molecule is CCOC(=O)C1=C2CN(C(=O)OC)CCN2C(c2nccs2)=NC1. The Morgan fingerprint density at radius 1 is 1.38 bits per heavy atom. The van der Waals surface area contributed by atoms with E-state index >= 15 is 0 Å². The molecule has 1 aromatic heterocycles. The van der Waals surface area contributed by atoms with Crippen molar-refractivity contribution >= 4 is 29.2 Å². The number of carbonyl (C=O) groups excluding carboxylic acids is 2. The Bertz CT molecular complexity index is 698. The molecule has 0 atom stereocenters. The molecule has 1 fully saturated rings. The highest BCUT2D eigenvalue weighted by Gasteiger charge is 2.35. The van der Waals surface area contributed by atoms with Gasteiger partial charge in [-0.15, -0.1) is 11.3 Å². The van der Waals surface area contributed by atoms with Gasteiger partial charge in [-0.25, -0.2) is 14.6 Å². The van der Waals surface area contributed by atoms with Gasteiger partial charge in [-0.05, 0) is 6.92 Å². The third kappa shape index (κ3) is 2.99. The largest absolute Gasteiger partial charge is 0.463 e. The van der Waals surface area contributed by atoms with Crippen molar-refractivity contribution in [1.29, 1.82) is 0 Å². The topological polar surface area (TPSA) is 84.3 Å².